The van der Waals surface area contributed by atoms with Crippen molar-refractivity contribution in [3.05, 3.63) is 63.9 Å². The van der Waals surface area contributed by atoms with Gasteiger partial charge in [0.05, 0.1) is 13.2 Å². The first kappa shape index (κ1) is 20.8. The number of nitrogens with zero attached hydrogens (tertiary/aromatic N) is 1. The molecule has 1 saturated heterocycles. The van der Waals surface area contributed by atoms with Crippen LogP contribution in [0, 0.1) is 13.8 Å². The Balaban J connectivity index is 1.55. The number of aryl methyl sites for hydroxylation is 2. The molecule has 6 heteroatoms. The molecule has 0 unspecified atom stereocenters. The summed E-state index contributed by atoms with van der Waals surface area (Å²) in [7, 11) is 1.66. The summed E-state index contributed by atoms with van der Waals surface area (Å²) in [4.78, 5) is 15.4. The highest BCUT2D eigenvalue weighted by Crippen LogP contribution is 2.31. The van der Waals surface area contributed by atoms with E-state index in [0.717, 1.165) is 35.4 Å². The van der Waals surface area contributed by atoms with Gasteiger partial charge in [0, 0.05) is 22.5 Å². The van der Waals surface area contributed by atoms with Crippen LogP contribution in [0.1, 0.15) is 46.1 Å². The van der Waals surface area contributed by atoms with E-state index in [2.05, 4.69) is 22.3 Å². The lowest BCUT2D eigenvalue weighted by Gasteiger charge is -2.28. The molecule has 0 radical (unpaired) electrons. The van der Waals surface area contributed by atoms with E-state index in [9.17, 15) is 4.79 Å². The Morgan fingerprint density at radius 3 is 2.57 bits per heavy atom. The van der Waals surface area contributed by atoms with Gasteiger partial charge in [0.1, 0.15) is 11.3 Å². The Labute approximate surface area is 181 Å². The normalized spacial score (nSPS) is 15.5. The van der Waals surface area contributed by atoms with Crippen LogP contribution in [0.2, 0.25) is 5.02 Å². The molecule has 0 spiro atoms. The number of ether oxygens (including phenoxy) is 1. The smallest absolute Gasteiger partial charge is 0.287 e. The highest BCUT2D eigenvalue weighted by Gasteiger charge is 2.25. The molecule has 2 aromatic carbocycles. The Morgan fingerprint density at radius 2 is 1.90 bits per heavy atom. The second-order valence-corrected chi connectivity index (χ2v) is 8.30. The molecule has 0 aliphatic carbocycles. The minimum atomic E-state index is -0.199. The van der Waals surface area contributed by atoms with Gasteiger partial charge in [-0.05, 0) is 75.2 Å². The molecule has 5 nitrogen and oxygen atoms in total. The topological polar surface area (TPSA) is 54.7 Å². The van der Waals surface area contributed by atoms with Gasteiger partial charge < -0.3 is 14.5 Å². The molecule has 1 amide bonds. The Bertz CT molecular complexity index is 1050. The van der Waals surface area contributed by atoms with Crippen LogP contribution in [0.3, 0.4) is 0 Å². The lowest BCUT2D eigenvalue weighted by Crippen LogP contribution is -2.36. The van der Waals surface area contributed by atoms with Gasteiger partial charge in [0.25, 0.3) is 5.91 Å². The highest BCUT2D eigenvalue weighted by molar-refractivity contribution is 6.32. The maximum Gasteiger partial charge on any atom is 0.287 e. The molecule has 1 aliphatic heterocycles. The quantitative estimate of drug-likeness (QED) is 0.582. The average molecular weight is 427 g/mol. The van der Waals surface area contributed by atoms with E-state index < -0.39 is 0 Å². The van der Waals surface area contributed by atoms with E-state index in [0.29, 0.717) is 22.9 Å². The van der Waals surface area contributed by atoms with Crippen LogP contribution in [-0.2, 0) is 0 Å². The molecule has 1 aliphatic rings. The van der Waals surface area contributed by atoms with E-state index in [1.165, 1.54) is 18.4 Å². The van der Waals surface area contributed by atoms with Gasteiger partial charge in [-0.1, -0.05) is 23.7 Å². The van der Waals surface area contributed by atoms with Crippen molar-refractivity contribution in [1.82, 2.24) is 10.2 Å². The maximum atomic E-state index is 13.0. The molecule has 158 valence electrons. The van der Waals surface area contributed by atoms with Gasteiger partial charge in [0.2, 0.25) is 0 Å². The lowest BCUT2D eigenvalue weighted by molar-refractivity contribution is 0.0911. The zero-order valence-corrected chi connectivity index (χ0v) is 18.4. The molecule has 0 bridgehead atoms. The van der Waals surface area contributed by atoms with Crippen LogP contribution >= 0.6 is 11.6 Å². The number of methoxy groups -OCH3 is 1. The number of hydrogen-bond donors (Lipinski definition) is 1. The number of rotatable bonds is 6. The molecular weight excluding hydrogens is 400 g/mol. The first-order chi connectivity index (χ1) is 14.5. The first-order valence-electron chi connectivity index (χ1n) is 10.3. The third kappa shape index (κ3) is 4.05. The molecule has 1 atom stereocenters. The minimum Gasteiger partial charge on any atom is -0.497 e. The molecular formula is C24H27ClN2O3. The number of furan rings is 1. The third-order valence-electron chi connectivity index (χ3n) is 5.96. The predicted octanol–water partition coefficient (Wildman–Crippen LogP) is 5.28. The van der Waals surface area contributed by atoms with Gasteiger partial charge in [-0.25, -0.2) is 0 Å². The number of halogens is 1. The van der Waals surface area contributed by atoms with Crippen LogP contribution in [0.25, 0.3) is 11.0 Å². The largest absolute Gasteiger partial charge is 0.497 e. The first-order valence-corrected chi connectivity index (χ1v) is 10.7. The molecule has 1 aromatic heterocycles. The number of nitrogens with one attached hydrogen (secondary N) is 1. The average Bonchev–Trinajstić information content (AvgIpc) is 3.38. The zero-order valence-electron chi connectivity index (χ0n) is 17.6. The second-order valence-electron chi connectivity index (χ2n) is 7.90. The zero-order chi connectivity index (χ0) is 21.3. The summed E-state index contributed by atoms with van der Waals surface area (Å²) in [6, 6.07) is 11.9. The fraction of sp³-hybridized carbons (Fsp3) is 0.375. The summed E-state index contributed by atoms with van der Waals surface area (Å²) in [5, 5.41) is 4.65. The summed E-state index contributed by atoms with van der Waals surface area (Å²) in [6.07, 6.45) is 2.37. The van der Waals surface area contributed by atoms with E-state index in [4.69, 9.17) is 20.8 Å². The van der Waals surface area contributed by atoms with Crippen molar-refractivity contribution in [2.45, 2.75) is 32.7 Å². The monoisotopic (exact) mass is 426 g/mol. The van der Waals surface area contributed by atoms with E-state index in [1.807, 2.05) is 38.1 Å². The van der Waals surface area contributed by atoms with Gasteiger partial charge >= 0.3 is 0 Å². The fourth-order valence-corrected chi connectivity index (χ4v) is 4.33. The van der Waals surface area contributed by atoms with Gasteiger partial charge in [0.15, 0.2) is 5.76 Å². The lowest BCUT2D eigenvalue weighted by atomic mass is 10.0. The highest BCUT2D eigenvalue weighted by atomic mass is 35.5. The molecule has 2 heterocycles. The molecule has 4 rings (SSSR count). The number of fused-ring (bicyclic) bond motifs is 1. The number of amides is 1. The summed E-state index contributed by atoms with van der Waals surface area (Å²) in [6.45, 7) is 6.41. The fourth-order valence-electron chi connectivity index (χ4n) is 4.16. The number of hydrogen-bond acceptors (Lipinski definition) is 4. The van der Waals surface area contributed by atoms with Crippen LogP contribution in [0.15, 0.2) is 40.8 Å². The number of carbonyl (C=O) groups excluding carboxylic acids is 1. The third-order valence-corrected chi connectivity index (χ3v) is 6.37. The summed E-state index contributed by atoms with van der Waals surface area (Å²) in [5.41, 5.74) is 3.59. The van der Waals surface area contributed by atoms with Crippen LogP contribution < -0.4 is 10.1 Å². The summed E-state index contributed by atoms with van der Waals surface area (Å²) >= 11 is 6.26. The Kier molecular flexibility index (Phi) is 6.02. The predicted molar refractivity (Wildman–Crippen MR) is 120 cm³/mol. The van der Waals surface area contributed by atoms with E-state index in [1.54, 1.807) is 7.11 Å². The molecule has 0 saturated carbocycles. The van der Waals surface area contributed by atoms with Crippen LogP contribution in [0.4, 0.5) is 0 Å². The molecule has 3 aromatic rings. The summed E-state index contributed by atoms with van der Waals surface area (Å²) < 4.78 is 11.2. The van der Waals surface area contributed by atoms with Crippen molar-refractivity contribution < 1.29 is 13.9 Å². The van der Waals surface area contributed by atoms with Crippen molar-refractivity contribution in [1.29, 1.82) is 0 Å². The number of carbonyl (C=O) groups is 1. The molecule has 1 fully saturated rings. The molecule has 1 N–H and O–H groups in total. The van der Waals surface area contributed by atoms with Crippen LogP contribution in [-0.4, -0.2) is 37.6 Å². The maximum absolute atomic E-state index is 13.0. The van der Waals surface area contributed by atoms with Crippen molar-refractivity contribution >= 4 is 28.5 Å². The standard InChI is InChI=1S/C24H27ClN2O3/c1-15-12-22-19(13-20(15)25)16(2)23(30-22)24(28)26-14-21(27-10-4-5-11-27)17-6-8-18(29-3)9-7-17/h6-9,12-13,21H,4-5,10-11,14H2,1-3H3,(H,26,28)/t21-/m0/s1. The Morgan fingerprint density at radius 1 is 1.20 bits per heavy atom. The minimum absolute atomic E-state index is 0.115. The van der Waals surface area contributed by atoms with Gasteiger partial charge in [-0.3, -0.25) is 9.69 Å². The van der Waals surface area contributed by atoms with Crippen molar-refractivity contribution in [3.8, 4) is 5.75 Å². The van der Waals surface area contributed by atoms with E-state index >= 15 is 0 Å². The second kappa shape index (κ2) is 8.70. The number of likely N-dealkylation sites (tertiary alicyclic amines) is 1. The number of benzene rings is 2. The van der Waals surface area contributed by atoms with E-state index in [-0.39, 0.29) is 11.9 Å². The van der Waals surface area contributed by atoms with Crippen molar-refractivity contribution in [2.75, 3.05) is 26.7 Å². The van der Waals surface area contributed by atoms with Gasteiger partial charge in [-0.2, -0.15) is 0 Å². The SMILES string of the molecule is COc1ccc([C@H](CNC(=O)c2oc3cc(C)c(Cl)cc3c2C)N2CCCC2)cc1. The summed E-state index contributed by atoms with van der Waals surface area (Å²) in [5.74, 6) is 0.978. The van der Waals surface area contributed by atoms with Crippen molar-refractivity contribution in [2.24, 2.45) is 0 Å². The Hall–Kier alpha value is -2.50. The van der Waals surface area contributed by atoms with Crippen molar-refractivity contribution in [3.63, 3.8) is 0 Å². The van der Waals surface area contributed by atoms with Gasteiger partial charge in [-0.15, -0.1) is 0 Å². The molecule has 30 heavy (non-hydrogen) atoms. The van der Waals surface area contributed by atoms with Crippen LogP contribution in [0.5, 0.6) is 5.75 Å².